The van der Waals surface area contributed by atoms with Gasteiger partial charge in [-0.1, -0.05) is 84.0 Å². The molecule has 16 aromatic rings. The summed E-state index contributed by atoms with van der Waals surface area (Å²) in [6, 6.07) is 62.0. The Morgan fingerprint density at radius 3 is 1.14 bits per heavy atom. The molecule has 0 saturated carbocycles. The summed E-state index contributed by atoms with van der Waals surface area (Å²) in [7, 11) is -14.7. The zero-order valence-electron chi connectivity index (χ0n) is 61.9. The maximum Gasteiger partial charge on any atom is 2.00 e. The van der Waals surface area contributed by atoms with E-state index in [1.807, 2.05) is 72.8 Å². The Bertz CT molecular complexity index is 7630. The van der Waals surface area contributed by atoms with Gasteiger partial charge in [-0.3, -0.25) is 4.98 Å². The van der Waals surface area contributed by atoms with Gasteiger partial charge in [-0.15, -0.1) is 16.3 Å². The molecule has 4 aliphatic heterocycles. The second-order valence-electron chi connectivity index (χ2n) is 25.4. The molecule has 37 heteroatoms. The first kappa shape index (κ1) is 89.2. The third kappa shape index (κ3) is 17.0. The van der Waals surface area contributed by atoms with Gasteiger partial charge in [0.1, 0.15) is 41.9 Å². The van der Waals surface area contributed by atoms with Gasteiger partial charge in [-0.05, 0) is 145 Å². The predicted molar refractivity (Wildman–Crippen MR) is 399 cm³/mol. The van der Waals surface area contributed by atoms with Crippen LogP contribution in [0.4, 0.5) is 0 Å². The topological polar surface area (TPSA) is 392 Å². The third-order valence-corrected chi connectivity index (χ3v) is 21.2. The number of nitrogens with zero attached hydrogens (tertiary/aromatic N) is 16. The zero-order chi connectivity index (χ0) is 73.8. The minimum absolute atomic E-state index is 0. The van der Waals surface area contributed by atoms with Crippen LogP contribution in [0.15, 0.2) is 209 Å². The molecule has 10 aromatic carbocycles. The fraction of sp³-hybridized carbons (Fsp3) is 0. The molecule has 0 unspecified atom stereocenters. The summed E-state index contributed by atoms with van der Waals surface area (Å²) in [5, 5.41) is 3.77. The molecule has 10 heterocycles. The Morgan fingerprint density at radius 1 is 0.265 bits per heavy atom. The maximum absolute atomic E-state index is 12.7. The molecule has 0 spiro atoms. The Hall–Kier alpha value is -7.03. The summed E-state index contributed by atoms with van der Waals surface area (Å²) in [6.45, 7) is 0. The van der Waals surface area contributed by atoms with E-state index < -0.39 is 40.1 Å². The largest absolute Gasteiger partial charge is 2.00 e. The molecule has 26 nitrogen and oxygen atoms in total. The second-order valence-corrected chi connectivity index (χ2v) is 29.5. The van der Waals surface area contributed by atoms with Crippen molar-refractivity contribution in [2.24, 2.45) is 0 Å². The van der Waals surface area contributed by atoms with Gasteiger partial charge in [0, 0.05) is 73.1 Å². The Morgan fingerprint density at radius 2 is 0.590 bits per heavy atom. The monoisotopic (exact) mass is 1740 g/mol. The van der Waals surface area contributed by atoms with Crippen molar-refractivity contribution in [1.29, 1.82) is 0 Å². The van der Waals surface area contributed by atoms with Gasteiger partial charge in [0.05, 0.1) is 55.5 Å². The number of benzene rings is 10. The van der Waals surface area contributed by atoms with Crippen LogP contribution in [0, 0.1) is 18.2 Å². The molecule has 20 rings (SSSR count). The van der Waals surface area contributed by atoms with Gasteiger partial charge in [0.25, 0.3) is 0 Å². The standard InChI is InChI=1S/C80H39N16O10S3.2Cu.6Na/c97-107(98,99)46-24-18-41(19-25-46)15-17-43-21-29-54-60(35-43)76-88-70(54)84-67-51-12-6-7-13-52(51)68(82-67)86-77-61-36-44(23-31-56(61)72(92-77)93-79-63-38-47(108(100,101)102)26-32-57(63)73(89-76)94-79)106-45-22-30-55-62(37-45)78-91-71(55)85-66-50-11-5-4-10-49(50)65(81-66)83-69-53-28-20-42(16-14-40-8-2-1-3-9-40)34-59(53)75(87-69)90-74-58-33-27-48(109(103,104)105)39-64(58)80(95-74)96-78;;;;;;;;/h2-3,5,7-39H,(H3-4,81,82,83,84,85,86,87,88,89,90,91,92,93,94,95,96,97,98,99,100,101,102,103,104,105);;;;;;;;/q-7;2*+2;6*+1/p-3. The molecule has 542 valence electrons. The van der Waals surface area contributed by atoms with Crippen LogP contribution in [0.2, 0.25) is 0 Å². The predicted octanol–water partition coefficient (Wildman–Crippen LogP) is -5.17. The third-order valence-electron chi connectivity index (χ3n) is 18.7. The van der Waals surface area contributed by atoms with E-state index in [4.69, 9.17) is 84.5 Å². The van der Waals surface area contributed by atoms with Gasteiger partial charge < -0.3 is 78.2 Å². The summed E-state index contributed by atoms with van der Waals surface area (Å²) >= 11 is 0. The van der Waals surface area contributed by atoms with Gasteiger partial charge in [-0.2, -0.15) is 78.9 Å². The molecule has 4 aliphatic rings. The van der Waals surface area contributed by atoms with Crippen LogP contribution in [0.1, 0.15) is 22.3 Å². The van der Waals surface area contributed by atoms with E-state index in [0.29, 0.717) is 99.2 Å². The molecule has 6 aromatic heterocycles. The van der Waals surface area contributed by atoms with E-state index in [2.05, 4.69) is 18.2 Å². The maximum atomic E-state index is 12.7. The van der Waals surface area contributed by atoms with Crippen LogP contribution in [0.3, 0.4) is 0 Å². The number of fused-ring (bicyclic) bond motifs is 40. The quantitative estimate of drug-likeness (QED) is 0.0564. The van der Waals surface area contributed by atoms with Crippen molar-refractivity contribution in [1.82, 2.24) is 79.7 Å². The van der Waals surface area contributed by atoms with Crippen LogP contribution < -0.4 is 202 Å². The van der Waals surface area contributed by atoms with E-state index in [1.54, 1.807) is 84.9 Å². The summed E-state index contributed by atoms with van der Waals surface area (Å²) in [4.78, 5) is 78.7. The van der Waals surface area contributed by atoms with Gasteiger partial charge in [-0.25, -0.2) is 40.2 Å². The van der Waals surface area contributed by atoms with Gasteiger partial charge >= 0.3 is 211 Å². The van der Waals surface area contributed by atoms with Gasteiger partial charge in [0.2, 0.25) is 0 Å². The normalized spacial score (nSPS) is 11.8. The summed E-state index contributed by atoms with van der Waals surface area (Å²) < 4.78 is 118. The number of hydrogen-bond acceptors (Lipinski definition) is 22. The average Bonchev–Trinajstić information content (AvgIpc) is 1.60. The van der Waals surface area contributed by atoms with Gasteiger partial charge in [0.15, 0.2) is 0 Å². The van der Waals surface area contributed by atoms with Crippen LogP contribution in [-0.2, 0) is 64.5 Å². The van der Waals surface area contributed by atoms with E-state index >= 15 is 0 Å². The summed E-state index contributed by atoms with van der Waals surface area (Å²) in [5.74, 6) is 1.78. The number of hydrogen-bond donors (Lipinski definition) is 0. The first-order valence-corrected chi connectivity index (χ1v) is 37.3. The first-order valence-electron chi connectivity index (χ1n) is 33.0. The fourth-order valence-electron chi connectivity index (χ4n) is 13.5. The van der Waals surface area contributed by atoms with Crippen LogP contribution in [0.5, 0.6) is 11.5 Å². The molecule has 0 aliphatic carbocycles. The van der Waals surface area contributed by atoms with Crippen molar-refractivity contribution in [2.75, 3.05) is 0 Å². The van der Waals surface area contributed by atoms with Crippen LogP contribution >= 0.6 is 0 Å². The Kier molecular flexibility index (Phi) is 26.8. The molecule has 0 fully saturated rings. The second kappa shape index (κ2) is 35.2. The number of aromatic nitrogens is 16. The van der Waals surface area contributed by atoms with Crippen molar-refractivity contribution in [2.45, 2.75) is 14.7 Å². The molecule has 2 radical (unpaired) electrons. The minimum atomic E-state index is -5.02. The molecule has 16 bridgehead atoms. The molecular weight excluding hydrogens is 1710 g/mol. The Balaban J connectivity index is 0.00000158. The number of rotatable bonds is 9. The van der Waals surface area contributed by atoms with Crippen molar-refractivity contribution in [3.63, 3.8) is 0 Å². The first-order chi connectivity index (χ1) is 52.8. The van der Waals surface area contributed by atoms with E-state index in [1.165, 1.54) is 54.6 Å². The van der Waals surface area contributed by atoms with Crippen molar-refractivity contribution in [3.8, 4) is 103 Å². The smallest absolute Gasteiger partial charge is 0.744 e. The summed E-state index contributed by atoms with van der Waals surface area (Å²) in [6.07, 6.45) is 7.45. The molecule has 0 amide bonds. The van der Waals surface area contributed by atoms with Crippen molar-refractivity contribution < 1.29 is 255 Å². The van der Waals surface area contributed by atoms with Crippen LogP contribution in [-0.4, -0.2) is 98.7 Å². The summed E-state index contributed by atoms with van der Waals surface area (Å²) in [5.41, 5.74) is 8.02. The van der Waals surface area contributed by atoms with E-state index in [-0.39, 0.29) is 319 Å². The zero-order valence-corrected chi connectivity index (χ0v) is 78.2. The van der Waals surface area contributed by atoms with E-state index in [9.17, 15) is 38.9 Å². The molecule has 0 N–H and O–H groups in total. The average molecular weight is 1740 g/mol. The fourth-order valence-corrected chi connectivity index (χ4v) is 14.9. The van der Waals surface area contributed by atoms with Crippen molar-refractivity contribution >= 4 is 143 Å². The van der Waals surface area contributed by atoms with Crippen molar-refractivity contribution in [3.05, 3.63) is 235 Å². The number of ether oxygens (including phenoxy) is 1. The Labute approximate surface area is 818 Å². The van der Waals surface area contributed by atoms with E-state index in [0.717, 1.165) is 17.2 Å². The van der Waals surface area contributed by atoms with Crippen LogP contribution in [0.25, 0.3) is 204 Å². The molecular formula is C80H36Cu2N16Na6O10S3. The molecule has 0 saturated heterocycles. The minimum Gasteiger partial charge on any atom is -0.744 e. The molecule has 0 atom stereocenters. The molecule has 117 heavy (non-hydrogen) atoms. The SMILES string of the molecule is O=S(=O)([O-])c1ccc(C=Cc2ccc3c(c2)-c2nc-3nc3[n-]c(nc4nc(nc5[n-]c(n2)c2ccc(S(=O)(=O)[O-])cc52)-c2ccc(Oc5ccc6c7nc8nc(nc9[n-]c(nc%10nc(nc([n-]7)c6c5)-c5cc(S(=O)(=O)[O-])ccc5-%10)c5cc(C=Cc6cc[c-]cc6)ccc95)-c5c[c-]ccc5-8)cc2-4)c2cc[c-]cc32)cc1.[Cu+2].[Cu+2].[Na+].[Na+].[Na+].[Na+].[Na+].[Na+].